The van der Waals surface area contributed by atoms with E-state index in [4.69, 9.17) is 5.73 Å². The van der Waals surface area contributed by atoms with Crippen molar-refractivity contribution >= 4 is 11.5 Å². The van der Waals surface area contributed by atoms with Crippen molar-refractivity contribution < 1.29 is 0 Å². The number of nitrogens with one attached hydrogen (secondary N) is 1. The highest BCUT2D eigenvalue weighted by Gasteiger charge is 2.13. The largest absolute Gasteiger partial charge is 0.396 e. The predicted molar refractivity (Wildman–Crippen MR) is 81.3 cm³/mol. The van der Waals surface area contributed by atoms with Gasteiger partial charge in [0, 0.05) is 19.3 Å². The molecule has 0 aromatic carbocycles. The van der Waals surface area contributed by atoms with Crippen molar-refractivity contribution in [3.8, 4) is 0 Å². The maximum Gasteiger partial charge on any atom is 0.149 e. The van der Waals surface area contributed by atoms with Gasteiger partial charge in [0.15, 0.2) is 0 Å². The lowest BCUT2D eigenvalue weighted by atomic mass is 10.1. The number of pyridine rings is 1. The third-order valence-corrected chi connectivity index (χ3v) is 3.84. The van der Waals surface area contributed by atoms with Gasteiger partial charge in [-0.2, -0.15) is 0 Å². The average molecular weight is 262 g/mol. The van der Waals surface area contributed by atoms with E-state index in [0.29, 0.717) is 5.92 Å². The molecule has 0 radical (unpaired) electrons. The molecule has 2 heterocycles. The van der Waals surface area contributed by atoms with Crippen LogP contribution >= 0.6 is 0 Å². The summed E-state index contributed by atoms with van der Waals surface area (Å²) in [5.41, 5.74) is 7.87. The molecule has 0 amide bonds. The van der Waals surface area contributed by atoms with Gasteiger partial charge in [-0.3, -0.25) is 0 Å². The molecule has 1 aliphatic heterocycles. The fourth-order valence-electron chi connectivity index (χ4n) is 2.63. The molecular formula is C15H26N4. The first-order chi connectivity index (χ1) is 9.16. The number of likely N-dealkylation sites (tertiary alicyclic amines) is 1. The van der Waals surface area contributed by atoms with E-state index in [1.165, 1.54) is 38.9 Å². The minimum Gasteiger partial charge on any atom is -0.396 e. The summed E-state index contributed by atoms with van der Waals surface area (Å²) in [6.07, 6.45) is 5.91. The zero-order valence-corrected chi connectivity index (χ0v) is 12.2. The first kappa shape index (κ1) is 14.1. The van der Waals surface area contributed by atoms with Gasteiger partial charge in [-0.1, -0.05) is 13.3 Å². The molecule has 1 unspecified atom stereocenters. The summed E-state index contributed by atoms with van der Waals surface area (Å²) >= 11 is 0. The number of rotatable bonds is 5. The van der Waals surface area contributed by atoms with Crippen LogP contribution in [0.15, 0.2) is 12.3 Å². The van der Waals surface area contributed by atoms with Crippen molar-refractivity contribution in [3.05, 3.63) is 17.8 Å². The number of hydrogen-bond donors (Lipinski definition) is 2. The van der Waals surface area contributed by atoms with Crippen LogP contribution < -0.4 is 11.1 Å². The number of nitrogens with zero attached hydrogens (tertiary/aromatic N) is 2. The van der Waals surface area contributed by atoms with Crippen LogP contribution in [-0.2, 0) is 0 Å². The monoisotopic (exact) mass is 262 g/mol. The standard InChI is InChI=1S/C15H26N4/c1-12(11-19-8-4-3-5-9-19)10-18-15-14(16)13(2)6-7-17-15/h6-7,12H,3-5,8-11,16H2,1-2H3,(H,17,18). The fourth-order valence-corrected chi connectivity index (χ4v) is 2.63. The van der Waals surface area contributed by atoms with Gasteiger partial charge in [0.05, 0.1) is 5.69 Å². The predicted octanol–water partition coefficient (Wildman–Crippen LogP) is 2.51. The zero-order valence-electron chi connectivity index (χ0n) is 12.2. The molecular weight excluding hydrogens is 236 g/mol. The van der Waals surface area contributed by atoms with E-state index in [2.05, 4.69) is 22.1 Å². The molecule has 0 aliphatic carbocycles. The van der Waals surface area contributed by atoms with Crippen molar-refractivity contribution in [3.63, 3.8) is 0 Å². The molecule has 19 heavy (non-hydrogen) atoms. The van der Waals surface area contributed by atoms with Crippen LogP contribution in [0.3, 0.4) is 0 Å². The number of aryl methyl sites for hydroxylation is 1. The second-order valence-corrected chi connectivity index (χ2v) is 5.74. The minimum atomic E-state index is 0.611. The fraction of sp³-hybridized carbons (Fsp3) is 0.667. The molecule has 0 bridgehead atoms. The quantitative estimate of drug-likeness (QED) is 0.856. The Morgan fingerprint density at radius 3 is 2.84 bits per heavy atom. The van der Waals surface area contributed by atoms with E-state index in [0.717, 1.165) is 23.6 Å². The molecule has 1 aromatic rings. The van der Waals surface area contributed by atoms with Gasteiger partial charge in [0.2, 0.25) is 0 Å². The molecule has 1 atom stereocenters. The third kappa shape index (κ3) is 4.10. The van der Waals surface area contributed by atoms with E-state index < -0.39 is 0 Å². The van der Waals surface area contributed by atoms with E-state index in [1.807, 2.05) is 19.2 Å². The Morgan fingerprint density at radius 2 is 2.11 bits per heavy atom. The van der Waals surface area contributed by atoms with E-state index in [1.54, 1.807) is 0 Å². The van der Waals surface area contributed by atoms with Crippen LogP contribution in [0.4, 0.5) is 11.5 Å². The maximum absolute atomic E-state index is 6.02. The summed E-state index contributed by atoms with van der Waals surface area (Å²) in [7, 11) is 0. The molecule has 4 heteroatoms. The molecule has 1 aromatic heterocycles. The van der Waals surface area contributed by atoms with Crippen LogP contribution in [0.1, 0.15) is 31.7 Å². The molecule has 1 fully saturated rings. The molecule has 2 rings (SSSR count). The second-order valence-electron chi connectivity index (χ2n) is 5.74. The lowest BCUT2D eigenvalue weighted by Crippen LogP contribution is -2.35. The number of nitrogens with two attached hydrogens (primary N) is 1. The molecule has 0 spiro atoms. The summed E-state index contributed by atoms with van der Waals surface area (Å²) < 4.78 is 0. The van der Waals surface area contributed by atoms with Crippen molar-refractivity contribution in [1.29, 1.82) is 0 Å². The summed E-state index contributed by atoms with van der Waals surface area (Å²) in [6, 6.07) is 1.94. The van der Waals surface area contributed by atoms with Gasteiger partial charge >= 0.3 is 0 Å². The normalized spacial score (nSPS) is 18.2. The Labute approximate surface area is 116 Å². The van der Waals surface area contributed by atoms with Gasteiger partial charge in [-0.25, -0.2) is 4.98 Å². The number of nitrogen functional groups attached to an aromatic ring is 1. The van der Waals surface area contributed by atoms with Gasteiger partial charge < -0.3 is 16.0 Å². The van der Waals surface area contributed by atoms with Crippen LogP contribution in [0, 0.1) is 12.8 Å². The Morgan fingerprint density at radius 1 is 1.37 bits per heavy atom. The summed E-state index contributed by atoms with van der Waals surface area (Å²) in [4.78, 5) is 6.88. The smallest absolute Gasteiger partial charge is 0.149 e. The van der Waals surface area contributed by atoms with Crippen LogP contribution in [0.5, 0.6) is 0 Å². The third-order valence-electron chi connectivity index (χ3n) is 3.84. The Bertz CT molecular complexity index is 399. The van der Waals surface area contributed by atoms with E-state index in [-0.39, 0.29) is 0 Å². The molecule has 1 aliphatic rings. The van der Waals surface area contributed by atoms with Gasteiger partial charge in [0.25, 0.3) is 0 Å². The highest BCUT2D eigenvalue weighted by Crippen LogP contribution is 2.19. The molecule has 3 N–H and O–H groups in total. The molecule has 0 saturated carbocycles. The second kappa shape index (κ2) is 6.75. The van der Waals surface area contributed by atoms with E-state index in [9.17, 15) is 0 Å². The van der Waals surface area contributed by atoms with Gasteiger partial charge in [-0.15, -0.1) is 0 Å². The van der Waals surface area contributed by atoms with Gasteiger partial charge in [0.1, 0.15) is 5.82 Å². The van der Waals surface area contributed by atoms with Crippen molar-refractivity contribution in [2.75, 3.05) is 37.2 Å². The Hall–Kier alpha value is -1.29. The number of hydrogen-bond acceptors (Lipinski definition) is 4. The maximum atomic E-state index is 6.02. The van der Waals surface area contributed by atoms with Crippen molar-refractivity contribution in [2.24, 2.45) is 5.92 Å². The Kier molecular flexibility index (Phi) is 5.02. The van der Waals surface area contributed by atoms with E-state index >= 15 is 0 Å². The minimum absolute atomic E-state index is 0.611. The summed E-state index contributed by atoms with van der Waals surface area (Å²) in [5.74, 6) is 1.44. The molecule has 4 nitrogen and oxygen atoms in total. The summed E-state index contributed by atoms with van der Waals surface area (Å²) in [5, 5.41) is 3.38. The summed E-state index contributed by atoms with van der Waals surface area (Å²) in [6.45, 7) is 8.91. The number of anilines is 2. The lowest BCUT2D eigenvalue weighted by molar-refractivity contribution is 0.204. The highest BCUT2D eigenvalue weighted by molar-refractivity contribution is 5.64. The first-order valence-electron chi connectivity index (χ1n) is 7.34. The number of piperidine rings is 1. The van der Waals surface area contributed by atoms with Gasteiger partial charge in [-0.05, 0) is 50.4 Å². The molecule has 1 saturated heterocycles. The lowest BCUT2D eigenvalue weighted by Gasteiger charge is -2.29. The average Bonchev–Trinajstić information content (AvgIpc) is 2.42. The highest BCUT2D eigenvalue weighted by atomic mass is 15.1. The Balaban J connectivity index is 1.79. The van der Waals surface area contributed by atoms with Crippen molar-refractivity contribution in [1.82, 2.24) is 9.88 Å². The molecule has 106 valence electrons. The van der Waals surface area contributed by atoms with Crippen LogP contribution in [0.25, 0.3) is 0 Å². The van der Waals surface area contributed by atoms with Crippen molar-refractivity contribution in [2.45, 2.75) is 33.1 Å². The number of aromatic nitrogens is 1. The van der Waals surface area contributed by atoms with Crippen LogP contribution in [0.2, 0.25) is 0 Å². The first-order valence-corrected chi connectivity index (χ1v) is 7.34. The zero-order chi connectivity index (χ0) is 13.7. The SMILES string of the molecule is Cc1ccnc(NCC(C)CN2CCCCC2)c1N. The topological polar surface area (TPSA) is 54.2 Å². The van der Waals surface area contributed by atoms with Crippen LogP contribution in [-0.4, -0.2) is 36.1 Å².